The Labute approximate surface area is 173 Å². The fourth-order valence-corrected chi connectivity index (χ4v) is 2.99. The van der Waals surface area contributed by atoms with Gasteiger partial charge in [-0.2, -0.15) is 5.10 Å². The number of hydrogen-bond donors (Lipinski definition) is 2. The van der Waals surface area contributed by atoms with E-state index < -0.39 is 23.0 Å². The van der Waals surface area contributed by atoms with Crippen LogP contribution >= 0.6 is 23.4 Å². The van der Waals surface area contributed by atoms with Crippen molar-refractivity contribution in [1.29, 1.82) is 0 Å². The zero-order valence-corrected chi connectivity index (χ0v) is 16.1. The molecule has 0 saturated carbocycles. The maximum Gasteiger partial charge on any atom is 0.337 e. The molecule has 1 aliphatic rings. The molecule has 3 amide bonds. The molecule has 0 radical (unpaired) electrons. The molecule has 2 N–H and O–H groups in total. The Morgan fingerprint density at radius 1 is 1.14 bits per heavy atom. The van der Waals surface area contributed by atoms with E-state index in [1.807, 2.05) is 5.32 Å². The number of esters is 1. The number of hydrogen-bond acceptors (Lipinski definition) is 7. The van der Waals surface area contributed by atoms with Crippen LogP contribution in [0.1, 0.15) is 15.9 Å². The van der Waals surface area contributed by atoms with Crippen LogP contribution in [0.15, 0.2) is 64.6 Å². The van der Waals surface area contributed by atoms with Crippen LogP contribution in [0.3, 0.4) is 0 Å². The molecule has 1 saturated heterocycles. The van der Waals surface area contributed by atoms with Gasteiger partial charge in [0.05, 0.1) is 11.1 Å². The molecule has 0 aliphatic carbocycles. The highest BCUT2D eigenvalue weighted by molar-refractivity contribution is 8.18. The van der Waals surface area contributed by atoms with Gasteiger partial charge in [0.1, 0.15) is 5.75 Å². The number of hydrazone groups is 1. The topological polar surface area (TPSA) is 114 Å². The van der Waals surface area contributed by atoms with Gasteiger partial charge in [-0.25, -0.2) is 10.2 Å². The monoisotopic (exact) mass is 429 g/mol. The van der Waals surface area contributed by atoms with Crippen molar-refractivity contribution in [1.82, 2.24) is 10.7 Å². The van der Waals surface area contributed by atoms with Crippen molar-refractivity contribution in [2.24, 2.45) is 5.10 Å². The van der Waals surface area contributed by atoms with Crippen molar-refractivity contribution < 1.29 is 23.9 Å². The van der Waals surface area contributed by atoms with E-state index in [-0.39, 0.29) is 10.7 Å². The van der Waals surface area contributed by atoms with Crippen molar-refractivity contribution in [2.75, 3.05) is 0 Å². The molecule has 0 atom stereocenters. The normalized spacial score (nSPS) is 14.9. The Balaban J connectivity index is 1.54. The Kier molecular flexibility index (Phi) is 6.43. The number of nitrogens with zero attached hydrogens (tertiary/aromatic N) is 1. The molecule has 2 aromatic carbocycles. The zero-order valence-electron chi connectivity index (χ0n) is 14.5. The predicted octanol–water partition coefficient (Wildman–Crippen LogP) is 2.88. The molecule has 1 aliphatic heterocycles. The summed E-state index contributed by atoms with van der Waals surface area (Å²) in [6.45, 7) is 0. The van der Waals surface area contributed by atoms with Crippen molar-refractivity contribution in [3.63, 3.8) is 0 Å². The van der Waals surface area contributed by atoms with Crippen LogP contribution in [0.4, 0.5) is 4.79 Å². The first-order valence-corrected chi connectivity index (χ1v) is 9.26. The van der Waals surface area contributed by atoms with Crippen LogP contribution in [-0.2, 0) is 9.59 Å². The molecule has 0 unspecified atom stereocenters. The third kappa shape index (κ3) is 5.77. The van der Waals surface area contributed by atoms with E-state index in [4.69, 9.17) is 16.3 Å². The van der Waals surface area contributed by atoms with Gasteiger partial charge < -0.3 is 4.74 Å². The van der Waals surface area contributed by atoms with Crippen LogP contribution in [0.5, 0.6) is 5.75 Å². The van der Waals surface area contributed by atoms with Gasteiger partial charge in [0.25, 0.3) is 17.1 Å². The zero-order chi connectivity index (χ0) is 20.8. The lowest BCUT2D eigenvalue weighted by Gasteiger charge is -2.02. The van der Waals surface area contributed by atoms with Gasteiger partial charge in [0.15, 0.2) is 0 Å². The largest absolute Gasteiger partial charge is 0.423 e. The lowest BCUT2D eigenvalue weighted by Crippen LogP contribution is -2.18. The second-order valence-electron chi connectivity index (χ2n) is 5.55. The van der Waals surface area contributed by atoms with Crippen LogP contribution in [0.2, 0.25) is 5.02 Å². The summed E-state index contributed by atoms with van der Waals surface area (Å²) in [5, 5.41) is 5.80. The van der Waals surface area contributed by atoms with Gasteiger partial charge in [-0.15, -0.1) is 0 Å². The Bertz CT molecular complexity index is 1050. The van der Waals surface area contributed by atoms with Crippen LogP contribution < -0.4 is 15.5 Å². The standard InChI is InChI=1S/C19H12ClN3O5S/c20-13-3-1-2-12(8-13)17(25)23-21-10-11-4-6-14(7-5-11)28-16(24)9-15-18(26)22-19(27)29-15/h1-10H,(H,23,25)(H,22,26,27)/b15-9+,21-10+. The van der Waals surface area contributed by atoms with E-state index >= 15 is 0 Å². The first-order valence-electron chi connectivity index (χ1n) is 8.06. The highest BCUT2D eigenvalue weighted by atomic mass is 35.5. The minimum Gasteiger partial charge on any atom is -0.423 e. The molecule has 2 aromatic rings. The molecule has 1 fully saturated rings. The number of thioether (sulfide) groups is 1. The van der Waals surface area contributed by atoms with Crippen LogP contribution in [0.25, 0.3) is 0 Å². The second-order valence-corrected chi connectivity index (χ2v) is 7.00. The van der Waals surface area contributed by atoms with E-state index in [1.165, 1.54) is 24.4 Å². The summed E-state index contributed by atoms with van der Waals surface area (Å²) in [6, 6.07) is 12.7. The molecule has 29 heavy (non-hydrogen) atoms. The van der Waals surface area contributed by atoms with Crippen molar-refractivity contribution >= 4 is 52.6 Å². The number of ether oxygens (including phenoxy) is 1. The first kappa shape index (κ1) is 20.3. The fraction of sp³-hybridized carbons (Fsp3) is 0. The maximum absolute atomic E-state index is 12.0. The molecule has 0 spiro atoms. The number of benzene rings is 2. The molecular formula is C19H12ClN3O5S. The average molecular weight is 430 g/mol. The minimum atomic E-state index is -0.785. The van der Waals surface area contributed by atoms with E-state index in [0.717, 1.165) is 6.08 Å². The summed E-state index contributed by atoms with van der Waals surface area (Å²) in [4.78, 5) is 46.2. The summed E-state index contributed by atoms with van der Waals surface area (Å²) >= 11 is 6.46. The Morgan fingerprint density at radius 2 is 1.90 bits per heavy atom. The Hall–Kier alpha value is -3.43. The lowest BCUT2D eigenvalue weighted by atomic mass is 10.2. The fourth-order valence-electron chi connectivity index (χ4n) is 2.16. The number of imide groups is 1. The lowest BCUT2D eigenvalue weighted by molar-refractivity contribution is -0.129. The predicted molar refractivity (Wildman–Crippen MR) is 108 cm³/mol. The Morgan fingerprint density at radius 3 is 2.55 bits per heavy atom. The quantitative estimate of drug-likeness (QED) is 0.248. The van der Waals surface area contributed by atoms with Gasteiger partial charge in [-0.05, 0) is 59.8 Å². The van der Waals surface area contributed by atoms with Gasteiger partial charge in [0.2, 0.25) is 0 Å². The summed E-state index contributed by atoms with van der Waals surface area (Å²) in [5.41, 5.74) is 3.40. The highest BCUT2D eigenvalue weighted by Crippen LogP contribution is 2.23. The van der Waals surface area contributed by atoms with Crippen molar-refractivity contribution in [3.05, 3.63) is 75.7 Å². The van der Waals surface area contributed by atoms with E-state index in [1.54, 1.807) is 30.3 Å². The molecule has 0 bridgehead atoms. The summed E-state index contributed by atoms with van der Waals surface area (Å²) < 4.78 is 5.08. The molecular weight excluding hydrogens is 418 g/mol. The number of rotatable bonds is 5. The first-order chi connectivity index (χ1) is 13.9. The molecule has 0 aromatic heterocycles. The van der Waals surface area contributed by atoms with Crippen LogP contribution in [0, 0.1) is 0 Å². The summed E-state index contributed by atoms with van der Waals surface area (Å²) in [7, 11) is 0. The van der Waals surface area contributed by atoms with E-state index in [0.29, 0.717) is 27.9 Å². The molecule has 8 nitrogen and oxygen atoms in total. The minimum absolute atomic E-state index is 0.0285. The molecule has 146 valence electrons. The average Bonchev–Trinajstić information content (AvgIpc) is 2.99. The maximum atomic E-state index is 12.0. The van der Waals surface area contributed by atoms with Crippen molar-refractivity contribution in [2.45, 2.75) is 0 Å². The third-order valence-electron chi connectivity index (χ3n) is 3.46. The number of amides is 3. The van der Waals surface area contributed by atoms with Gasteiger partial charge in [0, 0.05) is 16.7 Å². The highest BCUT2D eigenvalue weighted by Gasteiger charge is 2.26. The summed E-state index contributed by atoms with van der Waals surface area (Å²) in [5.74, 6) is -1.59. The van der Waals surface area contributed by atoms with Gasteiger partial charge in [-0.3, -0.25) is 19.7 Å². The molecule has 1 heterocycles. The number of halogens is 1. The number of nitrogens with one attached hydrogen (secondary N) is 2. The van der Waals surface area contributed by atoms with Crippen LogP contribution in [-0.4, -0.2) is 29.2 Å². The smallest absolute Gasteiger partial charge is 0.337 e. The molecule has 10 heteroatoms. The number of carbonyl (C=O) groups is 4. The van der Waals surface area contributed by atoms with E-state index in [9.17, 15) is 19.2 Å². The van der Waals surface area contributed by atoms with E-state index in [2.05, 4.69) is 10.5 Å². The second kappa shape index (κ2) is 9.18. The SMILES string of the molecule is O=C(/C=C1/SC(=O)NC1=O)Oc1ccc(/C=N/NC(=O)c2cccc(Cl)c2)cc1. The third-order valence-corrected chi connectivity index (χ3v) is 4.50. The van der Waals surface area contributed by atoms with Gasteiger partial charge in [-0.1, -0.05) is 17.7 Å². The number of carbonyl (C=O) groups excluding carboxylic acids is 4. The summed E-state index contributed by atoms with van der Waals surface area (Å²) in [6.07, 6.45) is 2.37. The molecule has 3 rings (SSSR count). The van der Waals surface area contributed by atoms with Gasteiger partial charge >= 0.3 is 5.97 Å². The van der Waals surface area contributed by atoms with Crippen molar-refractivity contribution in [3.8, 4) is 5.75 Å².